The molecule has 1 aliphatic rings. The standard InChI is InChI=1S/C18H30O3/c1-11(2)8-13(5)17-15(9-16(17)21-14(6)19)18(7,20)10-12(3)4/h9,11-12,16,20H,8,10H2,1-7H3/b17-13+. The molecule has 0 aliphatic heterocycles. The number of ether oxygens (including phenoxy) is 1. The van der Waals surface area contributed by atoms with E-state index in [-0.39, 0.29) is 12.1 Å². The van der Waals surface area contributed by atoms with E-state index in [1.807, 2.05) is 13.0 Å². The van der Waals surface area contributed by atoms with Gasteiger partial charge in [-0.3, -0.25) is 4.79 Å². The zero-order chi connectivity index (χ0) is 16.4. The Morgan fingerprint density at radius 1 is 1.29 bits per heavy atom. The molecule has 1 rings (SSSR count). The van der Waals surface area contributed by atoms with Crippen LogP contribution in [0, 0.1) is 11.8 Å². The first kappa shape index (κ1) is 18.0. The van der Waals surface area contributed by atoms with Crippen LogP contribution in [-0.4, -0.2) is 22.8 Å². The molecule has 2 unspecified atom stereocenters. The average molecular weight is 294 g/mol. The summed E-state index contributed by atoms with van der Waals surface area (Å²) < 4.78 is 5.35. The summed E-state index contributed by atoms with van der Waals surface area (Å²) in [6.45, 7) is 13.9. The molecule has 0 aromatic rings. The van der Waals surface area contributed by atoms with E-state index in [2.05, 4.69) is 34.6 Å². The number of allylic oxidation sites excluding steroid dienone is 1. The molecule has 3 nitrogen and oxygen atoms in total. The van der Waals surface area contributed by atoms with Crippen LogP contribution >= 0.6 is 0 Å². The molecule has 0 radical (unpaired) electrons. The monoisotopic (exact) mass is 294 g/mol. The molecule has 1 N–H and O–H groups in total. The number of hydrogen-bond donors (Lipinski definition) is 1. The minimum absolute atomic E-state index is 0.284. The zero-order valence-electron chi connectivity index (χ0n) is 14.5. The van der Waals surface area contributed by atoms with Crippen molar-refractivity contribution < 1.29 is 14.6 Å². The Morgan fingerprint density at radius 2 is 1.86 bits per heavy atom. The molecular weight excluding hydrogens is 264 g/mol. The smallest absolute Gasteiger partial charge is 0.303 e. The number of carbonyl (C=O) groups excluding carboxylic acids is 1. The summed E-state index contributed by atoms with van der Waals surface area (Å²) in [5.74, 6) is 0.654. The quantitative estimate of drug-likeness (QED) is 0.753. The van der Waals surface area contributed by atoms with Crippen LogP contribution in [0.2, 0.25) is 0 Å². The Bertz CT molecular complexity index is 453. The molecule has 120 valence electrons. The Hall–Kier alpha value is -1.09. The van der Waals surface area contributed by atoms with Gasteiger partial charge in [0.1, 0.15) is 6.10 Å². The van der Waals surface area contributed by atoms with Crippen molar-refractivity contribution in [2.75, 3.05) is 0 Å². The van der Waals surface area contributed by atoms with Gasteiger partial charge in [-0.1, -0.05) is 33.3 Å². The molecule has 0 fully saturated rings. The lowest BCUT2D eigenvalue weighted by Crippen LogP contribution is -2.40. The third kappa shape index (κ3) is 4.70. The SMILES string of the molecule is CC(=O)OC1C=C(C(C)(O)CC(C)C)/C1=C(/C)CC(C)C. The summed E-state index contributed by atoms with van der Waals surface area (Å²) in [5.41, 5.74) is 2.29. The van der Waals surface area contributed by atoms with E-state index in [1.54, 1.807) is 0 Å². The van der Waals surface area contributed by atoms with Crippen LogP contribution in [0.4, 0.5) is 0 Å². The fourth-order valence-electron chi connectivity index (χ4n) is 3.22. The maximum Gasteiger partial charge on any atom is 0.303 e. The molecule has 0 heterocycles. The van der Waals surface area contributed by atoms with Crippen molar-refractivity contribution in [3.05, 3.63) is 22.8 Å². The molecule has 2 atom stereocenters. The lowest BCUT2D eigenvalue weighted by molar-refractivity contribution is -0.143. The van der Waals surface area contributed by atoms with Gasteiger partial charge < -0.3 is 9.84 Å². The molecule has 1 aliphatic carbocycles. The van der Waals surface area contributed by atoms with Gasteiger partial charge in [-0.05, 0) is 50.2 Å². The third-order valence-corrected chi connectivity index (χ3v) is 3.75. The van der Waals surface area contributed by atoms with E-state index in [1.165, 1.54) is 12.5 Å². The van der Waals surface area contributed by atoms with Gasteiger partial charge in [0, 0.05) is 12.5 Å². The van der Waals surface area contributed by atoms with Crippen molar-refractivity contribution >= 4 is 5.97 Å². The first-order chi connectivity index (χ1) is 9.54. The Labute approximate surface area is 129 Å². The molecular formula is C18H30O3. The van der Waals surface area contributed by atoms with Crippen molar-refractivity contribution in [2.45, 2.75) is 73.0 Å². The molecule has 0 aromatic carbocycles. The molecule has 0 aromatic heterocycles. The van der Waals surface area contributed by atoms with Gasteiger partial charge in [-0.15, -0.1) is 0 Å². The molecule has 3 heteroatoms. The Morgan fingerprint density at radius 3 is 2.29 bits per heavy atom. The van der Waals surface area contributed by atoms with E-state index >= 15 is 0 Å². The first-order valence-corrected chi connectivity index (χ1v) is 7.86. The lowest BCUT2D eigenvalue weighted by atomic mass is 9.72. The van der Waals surface area contributed by atoms with Gasteiger partial charge >= 0.3 is 5.97 Å². The van der Waals surface area contributed by atoms with Crippen LogP contribution in [0.25, 0.3) is 0 Å². The summed E-state index contributed by atoms with van der Waals surface area (Å²) in [7, 11) is 0. The number of rotatable bonds is 6. The van der Waals surface area contributed by atoms with Crippen LogP contribution in [0.15, 0.2) is 22.8 Å². The lowest BCUT2D eigenvalue weighted by Gasteiger charge is -2.40. The summed E-state index contributed by atoms with van der Waals surface area (Å²) >= 11 is 0. The van der Waals surface area contributed by atoms with Crippen molar-refractivity contribution in [2.24, 2.45) is 11.8 Å². The second kappa shape index (κ2) is 6.78. The van der Waals surface area contributed by atoms with Gasteiger partial charge in [0.05, 0.1) is 5.60 Å². The minimum Gasteiger partial charge on any atom is -0.453 e. The molecule has 0 spiro atoms. The van der Waals surface area contributed by atoms with Crippen LogP contribution in [0.5, 0.6) is 0 Å². The molecule has 0 bridgehead atoms. The molecule has 0 saturated heterocycles. The van der Waals surface area contributed by atoms with Crippen LogP contribution in [0.1, 0.15) is 61.3 Å². The molecule has 21 heavy (non-hydrogen) atoms. The van der Waals surface area contributed by atoms with E-state index in [0.717, 1.165) is 17.6 Å². The second-order valence-corrected chi connectivity index (χ2v) is 7.27. The van der Waals surface area contributed by atoms with Gasteiger partial charge in [-0.25, -0.2) is 0 Å². The van der Waals surface area contributed by atoms with E-state index in [4.69, 9.17) is 4.74 Å². The fourth-order valence-corrected chi connectivity index (χ4v) is 3.22. The highest BCUT2D eigenvalue weighted by molar-refractivity contribution is 5.68. The normalized spacial score (nSPS) is 23.5. The van der Waals surface area contributed by atoms with Crippen molar-refractivity contribution in [3.8, 4) is 0 Å². The van der Waals surface area contributed by atoms with Gasteiger partial charge in [-0.2, -0.15) is 0 Å². The maximum atomic E-state index is 11.2. The fraction of sp³-hybridized carbons (Fsp3) is 0.722. The van der Waals surface area contributed by atoms with Crippen LogP contribution in [0.3, 0.4) is 0 Å². The Kier molecular flexibility index (Phi) is 5.80. The number of esters is 1. The summed E-state index contributed by atoms with van der Waals surface area (Å²) in [6, 6.07) is 0. The highest BCUT2D eigenvalue weighted by Crippen LogP contribution is 2.42. The number of aliphatic hydroxyl groups is 1. The van der Waals surface area contributed by atoms with E-state index in [0.29, 0.717) is 18.3 Å². The van der Waals surface area contributed by atoms with Gasteiger partial charge in [0.25, 0.3) is 0 Å². The topological polar surface area (TPSA) is 46.5 Å². The van der Waals surface area contributed by atoms with Crippen LogP contribution < -0.4 is 0 Å². The minimum atomic E-state index is -0.863. The number of carbonyl (C=O) groups is 1. The van der Waals surface area contributed by atoms with Gasteiger partial charge in [0.15, 0.2) is 0 Å². The Balaban J connectivity index is 3.09. The highest BCUT2D eigenvalue weighted by atomic mass is 16.5. The summed E-state index contributed by atoms with van der Waals surface area (Å²) in [5, 5.41) is 10.8. The zero-order valence-corrected chi connectivity index (χ0v) is 14.5. The maximum absolute atomic E-state index is 11.2. The second-order valence-electron chi connectivity index (χ2n) is 7.27. The highest BCUT2D eigenvalue weighted by Gasteiger charge is 2.40. The number of hydrogen-bond acceptors (Lipinski definition) is 3. The average Bonchev–Trinajstić information content (AvgIpc) is 2.19. The first-order valence-electron chi connectivity index (χ1n) is 7.86. The van der Waals surface area contributed by atoms with Crippen molar-refractivity contribution in [1.29, 1.82) is 0 Å². The predicted octanol–water partition coefficient (Wildman–Crippen LogP) is 4.02. The van der Waals surface area contributed by atoms with Gasteiger partial charge in [0.2, 0.25) is 0 Å². The van der Waals surface area contributed by atoms with Crippen molar-refractivity contribution in [1.82, 2.24) is 0 Å². The third-order valence-electron chi connectivity index (χ3n) is 3.75. The summed E-state index contributed by atoms with van der Waals surface area (Å²) in [4.78, 5) is 11.2. The van der Waals surface area contributed by atoms with E-state index < -0.39 is 5.60 Å². The van der Waals surface area contributed by atoms with Crippen LogP contribution in [-0.2, 0) is 9.53 Å². The molecule has 0 saturated carbocycles. The summed E-state index contributed by atoms with van der Waals surface area (Å²) in [6.07, 6.45) is 3.24. The molecule has 0 amide bonds. The predicted molar refractivity (Wildman–Crippen MR) is 85.9 cm³/mol. The van der Waals surface area contributed by atoms with Crippen molar-refractivity contribution in [3.63, 3.8) is 0 Å². The van der Waals surface area contributed by atoms with E-state index in [9.17, 15) is 9.90 Å². The largest absolute Gasteiger partial charge is 0.453 e.